The number of piperidine rings is 1. The van der Waals surface area contributed by atoms with Gasteiger partial charge in [0.25, 0.3) is 0 Å². The minimum Gasteiger partial charge on any atom is -0.480 e. The van der Waals surface area contributed by atoms with Crippen LogP contribution < -0.4 is 5.32 Å². The second kappa shape index (κ2) is 3.51. The van der Waals surface area contributed by atoms with Gasteiger partial charge in [0.05, 0.1) is 0 Å². The van der Waals surface area contributed by atoms with E-state index in [4.69, 9.17) is 0 Å². The first kappa shape index (κ1) is 9.93. The molecule has 2 heterocycles. The number of hydrogen-bond acceptors (Lipinski definition) is 3. The Morgan fingerprint density at radius 2 is 2.29 bits per heavy atom. The maximum absolute atomic E-state index is 11.3. The Morgan fingerprint density at radius 1 is 1.50 bits per heavy atom. The predicted molar refractivity (Wildman–Crippen MR) is 53.3 cm³/mol. The van der Waals surface area contributed by atoms with E-state index in [1.54, 1.807) is 7.05 Å². The molecule has 0 amide bonds. The fourth-order valence-corrected chi connectivity index (χ4v) is 2.95. The zero-order valence-corrected chi connectivity index (χ0v) is 8.62. The van der Waals surface area contributed by atoms with E-state index >= 15 is 0 Å². The Balaban J connectivity index is 2.22. The molecular formula is C10H18N2O2. The molecule has 0 aromatic heterocycles. The second-order valence-electron chi connectivity index (χ2n) is 4.32. The van der Waals surface area contributed by atoms with Crippen molar-refractivity contribution in [1.29, 1.82) is 0 Å². The molecule has 2 aliphatic heterocycles. The monoisotopic (exact) mass is 198 g/mol. The smallest absolute Gasteiger partial charge is 0.325 e. The van der Waals surface area contributed by atoms with E-state index in [0.717, 1.165) is 32.4 Å². The van der Waals surface area contributed by atoms with Crippen molar-refractivity contribution in [2.24, 2.45) is 0 Å². The quantitative estimate of drug-likeness (QED) is 0.669. The molecule has 2 atom stereocenters. The van der Waals surface area contributed by atoms with Gasteiger partial charge in [0.1, 0.15) is 5.54 Å². The lowest BCUT2D eigenvalue weighted by molar-refractivity contribution is -0.146. The number of rotatable bonds is 2. The molecule has 0 aromatic rings. The molecule has 0 bridgehead atoms. The number of carbonyl (C=O) groups is 1. The van der Waals surface area contributed by atoms with E-state index in [1.165, 1.54) is 6.42 Å². The van der Waals surface area contributed by atoms with E-state index in [9.17, 15) is 9.90 Å². The molecular weight excluding hydrogens is 180 g/mol. The van der Waals surface area contributed by atoms with Gasteiger partial charge in [-0.3, -0.25) is 9.69 Å². The molecule has 2 fully saturated rings. The summed E-state index contributed by atoms with van der Waals surface area (Å²) in [6.07, 6.45) is 4.14. The number of nitrogens with zero attached hydrogens (tertiary/aromatic N) is 1. The van der Waals surface area contributed by atoms with Gasteiger partial charge in [-0.2, -0.15) is 0 Å². The molecule has 4 nitrogen and oxygen atoms in total. The molecule has 0 saturated carbocycles. The fourth-order valence-electron chi connectivity index (χ4n) is 2.95. The van der Waals surface area contributed by atoms with Crippen LogP contribution in [0.5, 0.6) is 0 Å². The summed E-state index contributed by atoms with van der Waals surface area (Å²) in [4.78, 5) is 13.6. The number of nitrogens with one attached hydrogen (secondary N) is 1. The molecule has 2 unspecified atom stereocenters. The van der Waals surface area contributed by atoms with Gasteiger partial charge >= 0.3 is 5.97 Å². The minimum atomic E-state index is -0.686. The van der Waals surface area contributed by atoms with Crippen LogP contribution in [0, 0.1) is 0 Å². The number of carboxylic acids is 1. The van der Waals surface area contributed by atoms with Crippen molar-refractivity contribution in [3.63, 3.8) is 0 Å². The summed E-state index contributed by atoms with van der Waals surface area (Å²) < 4.78 is 0. The summed E-state index contributed by atoms with van der Waals surface area (Å²) in [7, 11) is 1.77. The van der Waals surface area contributed by atoms with Crippen molar-refractivity contribution in [2.75, 3.05) is 20.1 Å². The maximum Gasteiger partial charge on any atom is 0.325 e. The summed E-state index contributed by atoms with van der Waals surface area (Å²) in [5, 5.41) is 12.3. The lowest BCUT2D eigenvalue weighted by Gasteiger charge is -2.37. The van der Waals surface area contributed by atoms with Crippen molar-refractivity contribution in [3.05, 3.63) is 0 Å². The van der Waals surface area contributed by atoms with Crippen molar-refractivity contribution in [2.45, 2.75) is 37.3 Å². The standard InChI is InChI=1S/C10H18N2O2/c1-11-10(9(13)14)5-7-12-6-3-2-4-8(10)12/h8,11H,2-7H2,1H3,(H,13,14). The van der Waals surface area contributed by atoms with Gasteiger partial charge < -0.3 is 10.4 Å². The van der Waals surface area contributed by atoms with Gasteiger partial charge in [0, 0.05) is 12.6 Å². The van der Waals surface area contributed by atoms with E-state index in [1.807, 2.05) is 0 Å². The Labute approximate surface area is 84.3 Å². The highest BCUT2D eigenvalue weighted by Crippen LogP contribution is 2.34. The molecule has 2 N–H and O–H groups in total. The molecule has 14 heavy (non-hydrogen) atoms. The zero-order valence-electron chi connectivity index (χ0n) is 8.62. The van der Waals surface area contributed by atoms with Crippen molar-refractivity contribution in [1.82, 2.24) is 10.2 Å². The average Bonchev–Trinajstić information content (AvgIpc) is 2.57. The first-order valence-corrected chi connectivity index (χ1v) is 5.37. The number of carboxylic acid groups (broad SMARTS) is 1. The number of fused-ring (bicyclic) bond motifs is 1. The summed E-state index contributed by atoms with van der Waals surface area (Å²) in [6.45, 7) is 2.00. The predicted octanol–water partition coefficient (Wildman–Crippen LogP) is 0.287. The van der Waals surface area contributed by atoms with Crippen molar-refractivity contribution in [3.8, 4) is 0 Å². The van der Waals surface area contributed by atoms with Crippen molar-refractivity contribution < 1.29 is 9.90 Å². The van der Waals surface area contributed by atoms with Gasteiger partial charge in [0.2, 0.25) is 0 Å². The van der Waals surface area contributed by atoms with Gasteiger partial charge in [-0.1, -0.05) is 6.42 Å². The first-order chi connectivity index (χ1) is 6.70. The van der Waals surface area contributed by atoms with Crippen LogP contribution in [0.2, 0.25) is 0 Å². The highest BCUT2D eigenvalue weighted by atomic mass is 16.4. The second-order valence-corrected chi connectivity index (χ2v) is 4.32. The number of likely N-dealkylation sites (N-methyl/N-ethyl adjacent to an activating group) is 1. The summed E-state index contributed by atoms with van der Waals surface area (Å²) in [6, 6.07) is 0.207. The fraction of sp³-hybridized carbons (Fsp3) is 0.900. The van der Waals surface area contributed by atoms with Gasteiger partial charge in [-0.15, -0.1) is 0 Å². The lowest BCUT2D eigenvalue weighted by atomic mass is 9.85. The molecule has 2 rings (SSSR count). The lowest BCUT2D eigenvalue weighted by Crippen LogP contribution is -2.59. The molecule has 80 valence electrons. The Hall–Kier alpha value is -0.610. The van der Waals surface area contributed by atoms with Gasteiger partial charge in [0.15, 0.2) is 0 Å². The van der Waals surface area contributed by atoms with E-state index in [2.05, 4.69) is 10.2 Å². The van der Waals surface area contributed by atoms with Crippen LogP contribution in [-0.4, -0.2) is 47.7 Å². The van der Waals surface area contributed by atoms with E-state index in [0.29, 0.717) is 0 Å². The molecule has 0 aromatic carbocycles. The normalized spacial score (nSPS) is 38.2. The largest absolute Gasteiger partial charge is 0.480 e. The van der Waals surface area contributed by atoms with Crippen LogP contribution in [0.25, 0.3) is 0 Å². The Morgan fingerprint density at radius 3 is 2.93 bits per heavy atom. The molecule has 4 heteroatoms. The van der Waals surface area contributed by atoms with E-state index < -0.39 is 11.5 Å². The molecule has 0 radical (unpaired) electrons. The molecule has 0 spiro atoms. The Kier molecular flexibility index (Phi) is 2.49. The SMILES string of the molecule is CNC1(C(=O)O)CCN2CCCCC21. The van der Waals surface area contributed by atoms with E-state index in [-0.39, 0.29) is 6.04 Å². The highest BCUT2D eigenvalue weighted by molar-refractivity contribution is 5.80. The van der Waals surface area contributed by atoms with Crippen LogP contribution in [0.1, 0.15) is 25.7 Å². The van der Waals surface area contributed by atoms with Crippen LogP contribution >= 0.6 is 0 Å². The Bertz CT molecular complexity index is 244. The highest BCUT2D eigenvalue weighted by Gasteiger charge is 2.52. The summed E-state index contributed by atoms with van der Waals surface area (Å²) in [5.74, 6) is -0.686. The van der Waals surface area contributed by atoms with Crippen LogP contribution in [0.15, 0.2) is 0 Å². The summed E-state index contributed by atoms with van der Waals surface area (Å²) >= 11 is 0. The molecule has 2 aliphatic rings. The number of aliphatic carboxylic acids is 1. The van der Waals surface area contributed by atoms with Crippen molar-refractivity contribution >= 4 is 5.97 Å². The third kappa shape index (κ3) is 1.25. The molecule has 2 saturated heterocycles. The first-order valence-electron chi connectivity index (χ1n) is 5.37. The third-order valence-electron chi connectivity index (χ3n) is 3.80. The zero-order chi connectivity index (χ0) is 10.2. The van der Waals surface area contributed by atoms with Gasteiger partial charge in [-0.05, 0) is 32.9 Å². The average molecular weight is 198 g/mol. The summed E-state index contributed by atoms with van der Waals surface area (Å²) in [5.41, 5.74) is -0.680. The number of hydrogen-bond donors (Lipinski definition) is 2. The third-order valence-corrected chi connectivity index (χ3v) is 3.80. The maximum atomic E-state index is 11.3. The van der Waals surface area contributed by atoms with Crippen LogP contribution in [0.3, 0.4) is 0 Å². The minimum absolute atomic E-state index is 0.207. The van der Waals surface area contributed by atoms with Crippen LogP contribution in [0.4, 0.5) is 0 Å². The molecule has 0 aliphatic carbocycles. The van der Waals surface area contributed by atoms with Crippen LogP contribution in [-0.2, 0) is 4.79 Å². The van der Waals surface area contributed by atoms with Gasteiger partial charge in [-0.25, -0.2) is 0 Å². The topological polar surface area (TPSA) is 52.6 Å².